The maximum absolute atomic E-state index is 12.2. The first-order chi connectivity index (χ1) is 15.5. The third-order valence-electron chi connectivity index (χ3n) is 4.50. The minimum Gasteiger partial charge on any atom is -0.383 e. The van der Waals surface area contributed by atoms with E-state index in [9.17, 15) is 9.59 Å². The van der Waals surface area contributed by atoms with Crippen LogP contribution < -0.4 is 16.4 Å². The summed E-state index contributed by atoms with van der Waals surface area (Å²) in [5.41, 5.74) is 7.70. The fourth-order valence-corrected chi connectivity index (χ4v) is 3.20. The lowest BCUT2D eigenvalue weighted by atomic mass is 10.1. The Bertz CT molecular complexity index is 1320. The highest BCUT2D eigenvalue weighted by molar-refractivity contribution is 6.30. The van der Waals surface area contributed by atoms with Crippen LogP contribution in [0.4, 0.5) is 11.5 Å². The smallest absolute Gasteiger partial charge is 0.244 e. The molecule has 0 aliphatic heterocycles. The van der Waals surface area contributed by atoms with Crippen molar-refractivity contribution in [1.29, 1.82) is 0 Å². The summed E-state index contributed by atoms with van der Waals surface area (Å²) in [6, 6.07) is 12.2. The van der Waals surface area contributed by atoms with E-state index in [0.29, 0.717) is 27.8 Å². The van der Waals surface area contributed by atoms with Gasteiger partial charge in [-0.15, -0.1) is 5.10 Å². The van der Waals surface area contributed by atoms with Gasteiger partial charge >= 0.3 is 0 Å². The number of halogens is 1. The number of tetrazole rings is 1. The Balaban J connectivity index is 1.37. The summed E-state index contributed by atoms with van der Waals surface area (Å²) in [7, 11) is 0. The first-order valence-electron chi connectivity index (χ1n) is 9.42. The molecule has 4 rings (SSSR count). The molecule has 0 radical (unpaired) electrons. The average Bonchev–Trinajstić information content (AvgIpc) is 3.31. The van der Waals surface area contributed by atoms with E-state index in [1.54, 1.807) is 54.7 Å². The van der Waals surface area contributed by atoms with E-state index in [1.807, 2.05) is 0 Å². The molecule has 2 aromatic carbocycles. The molecular formula is C21H17ClN8O2. The molecule has 4 N–H and O–H groups in total. The van der Waals surface area contributed by atoms with E-state index < -0.39 is 5.91 Å². The maximum atomic E-state index is 12.2. The highest BCUT2D eigenvalue weighted by Gasteiger charge is 2.08. The van der Waals surface area contributed by atoms with E-state index in [4.69, 9.17) is 17.3 Å². The van der Waals surface area contributed by atoms with Crippen molar-refractivity contribution in [2.45, 2.75) is 0 Å². The second-order valence-corrected chi connectivity index (χ2v) is 7.13. The predicted octanol–water partition coefficient (Wildman–Crippen LogP) is 2.21. The summed E-state index contributed by atoms with van der Waals surface area (Å²) in [6.07, 6.45) is 5.90. The fourth-order valence-electron chi connectivity index (χ4n) is 3.02. The van der Waals surface area contributed by atoms with Gasteiger partial charge in [-0.1, -0.05) is 11.6 Å². The molecule has 0 aliphatic carbocycles. The Kier molecular flexibility index (Phi) is 6.04. The Morgan fingerprint density at radius 1 is 1.16 bits per heavy atom. The normalized spacial score (nSPS) is 11.0. The number of benzene rings is 2. The number of hydrogen-bond acceptors (Lipinski definition) is 7. The zero-order valence-electron chi connectivity index (χ0n) is 16.6. The zero-order valence-corrected chi connectivity index (χ0v) is 17.3. The number of carbonyl (C=O) groups excluding carboxylic acids is 2. The van der Waals surface area contributed by atoms with Crippen molar-refractivity contribution in [1.82, 2.24) is 30.5 Å². The number of aromatic nitrogens is 5. The lowest BCUT2D eigenvalue weighted by molar-refractivity contribution is -0.121. The van der Waals surface area contributed by atoms with Crippen molar-refractivity contribution in [2.75, 3.05) is 17.6 Å². The number of nitrogens with one attached hydrogen (secondary N) is 2. The van der Waals surface area contributed by atoms with E-state index in [1.165, 1.54) is 17.1 Å². The van der Waals surface area contributed by atoms with Gasteiger partial charge in [-0.25, -0.2) is 4.98 Å². The first-order valence-corrected chi connectivity index (χ1v) is 9.80. The van der Waals surface area contributed by atoms with Gasteiger partial charge in [0.05, 0.1) is 12.2 Å². The summed E-state index contributed by atoms with van der Waals surface area (Å²) in [5, 5.41) is 18.5. The van der Waals surface area contributed by atoms with Crippen LogP contribution >= 0.6 is 11.6 Å². The standard InChI is InChI=1S/C21H17ClN8O2/c22-15-2-5-18(30-12-26-28-29-30)14(9-15)1-6-19(31)25-11-20(32)27-16-3-4-17-13(10-16)7-8-24-21(17)23/h1-10,12H,11H2,(H2,23,24)(H,25,31)(H,27,32)/b6-1+. The molecule has 0 saturated carbocycles. The number of pyridine rings is 1. The van der Waals surface area contributed by atoms with Crippen LogP contribution in [0.5, 0.6) is 0 Å². The highest BCUT2D eigenvalue weighted by atomic mass is 35.5. The molecule has 0 spiro atoms. The second kappa shape index (κ2) is 9.23. The molecule has 160 valence electrons. The van der Waals surface area contributed by atoms with Crippen molar-refractivity contribution < 1.29 is 9.59 Å². The van der Waals surface area contributed by atoms with Gasteiger partial charge in [0.2, 0.25) is 11.8 Å². The molecule has 0 aliphatic rings. The number of carbonyl (C=O) groups is 2. The van der Waals surface area contributed by atoms with Gasteiger partial charge in [0, 0.05) is 33.9 Å². The van der Waals surface area contributed by atoms with Crippen LogP contribution in [-0.4, -0.2) is 43.6 Å². The third kappa shape index (κ3) is 4.87. The van der Waals surface area contributed by atoms with Gasteiger partial charge < -0.3 is 16.4 Å². The SMILES string of the molecule is Nc1nccc2cc(NC(=O)CNC(=O)/C=C/c3cc(Cl)ccc3-n3cnnn3)ccc12. The number of fused-ring (bicyclic) bond motifs is 1. The van der Waals surface area contributed by atoms with E-state index in [2.05, 4.69) is 31.1 Å². The third-order valence-corrected chi connectivity index (χ3v) is 4.74. The largest absolute Gasteiger partial charge is 0.383 e. The lowest BCUT2D eigenvalue weighted by Gasteiger charge is -2.08. The van der Waals surface area contributed by atoms with Crippen LogP contribution in [0.25, 0.3) is 22.5 Å². The molecule has 2 heterocycles. The van der Waals surface area contributed by atoms with Crippen LogP contribution in [0.1, 0.15) is 5.56 Å². The van der Waals surface area contributed by atoms with Crippen LogP contribution in [-0.2, 0) is 9.59 Å². The topological polar surface area (TPSA) is 141 Å². The number of rotatable bonds is 6. The lowest BCUT2D eigenvalue weighted by Crippen LogP contribution is -2.31. The number of nitrogen functional groups attached to an aromatic ring is 1. The quantitative estimate of drug-likeness (QED) is 0.384. The minimum absolute atomic E-state index is 0.199. The highest BCUT2D eigenvalue weighted by Crippen LogP contribution is 2.22. The number of nitrogens with zero attached hydrogens (tertiary/aromatic N) is 5. The number of hydrogen-bond donors (Lipinski definition) is 3. The molecular weight excluding hydrogens is 432 g/mol. The molecule has 11 heteroatoms. The molecule has 0 bridgehead atoms. The summed E-state index contributed by atoms with van der Waals surface area (Å²) < 4.78 is 1.45. The van der Waals surface area contributed by atoms with E-state index in [-0.39, 0.29) is 12.5 Å². The Morgan fingerprint density at radius 2 is 2.03 bits per heavy atom. The van der Waals surface area contributed by atoms with Crippen molar-refractivity contribution >= 4 is 51.8 Å². The van der Waals surface area contributed by atoms with Crippen LogP contribution in [0.3, 0.4) is 0 Å². The molecule has 2 amide bonds. The van der Waals surface area contributed by atoms with E-state index in [0.717, 1.165) is 10.8 Å². The molecule has 2 aromatic heterocycles. The van der Waals surface area contributed by atoms with Crippen LogP contribution in [0.2, 0.25) is 5.02 Å². The van der Waals surface area contributed by atoms with Gasteiger partial charge in [0.25, 0.3) is 0 Å². The van der Waals surface area contributed by atoms with Crippen molar-refractivity contribution in [3.63, 3.8) is 0 Å². The minimum atomic E-state index is -0.444. The second-order valence-electron chi connectivity index (χ2n) is 6.69. The van der Waals surface area contributed by atoms with Crippen LogP contribution in [0.15, 0.2) is 61.1 Å². The molecule has 0 unspecified atom stereocenters. The molecule has 0 atom stereocenters. The molecule has 0 fully saturated rings. The monoisotopic (exact) mass is 448 g/mol. The summed E-state index contributed by atoms with van der Waals surface area (Å²) in [5.74, 6) is -0.396. The first kappa shape index (κ1) is 20.9. The Labute approximate surface area is 187 Å². The maximum Gasteiger partial charge on any atom is 0.244 e. The average molecular weight is 449 g/mol. The van der Waals surface area contributed by atoms with Gasteiger partial charge in [0.1, 0.15) is 12.1 Å². The number of anilines is 2. The van der Waals surface area contributed by atoms with E-state index >= 15 is 0 Å². The molecule has 0 saturated heterocycles. The molecule has 10 nitrogen and oxygen atoms in total. The predicted molar refractivity (Wildman–Crippen MR) is 121 cm³/mol. The molecule has 32 heavy (non-hydrogen) atoms. The summed E-state index contributed by atoms with van der Waals surface area (Å²) >= 11 is 6.06. The van der Waals surface area contributed by atoms with Crippen molar-refractivity contribution in [2.24, 2.45) is 0 Å². The van der Waals surface area contributed by atoms with Crippen LogP contribution in [0, 0.1) is 0 Å². The van der Waals surface area contributed by atoms with Gasteiger partial charge in [-0.3, -0.25) is 9.59 Å². The zero-order chi connectivity index (χ0) is 22.5. The van der Waals surface area contributed by atoms with Gasteiger partial charge in [0.15, 0.2) is 0 Å². The summed E-state index contributed by atoms with van der Waals surface area (Å²) in [4.78, 5) is 28.4. The van der Waals surface area contributed by atoms with Crippen molar-refractivity contribution in [3.8, 4) is 5.69 Å². The number of nitrogens with two attached hydrogens (primary N) is 1. The van der Waals surface area contributed by atoms with Crippen molar-refractivity contribution in [3.05, 3.63) is 71.7 Å². The Hall–Kier alpha value is -4.31. The van der Waals surface area contributed by atoms with Gasteiger partial charge in [-0.05, 0) is 64.4 Å². The Morgan fingerprint density at radius 3 is 2.84 bits per heavy atom. The fraction of sp³-hybridized carbons (Fsp3) is 0.0476. The molecule has 4 aromatic rings. The number of amides is 2. The van der Waals surface area contributed by atoms with Gasteiger partial charge in [-0.2, -0.15) is 4.68 Å². The summed E-state index contributed by atoms with van der Waals surface area (Å²) in [6.45, 7) is -0.199.